The average molecular weight is 428 g/mol. The molecular formula is C15H10Cl2F3NO4S. The van der Waals surface area contributed by atoms with E-state index in [0.717, 1.165) is 18.2 Å². The van der Waals surface area contributed by atoms with Crippen LogP contribution in [0.4, 0.5) is 18.9 Å². The molecule has 26 heavy (non-hydrogen) atoms. The molecule has 0 aliphatic carbocycles. The average Bonchev–Trinajstić information content (AvgIpc) is 2.49. The highest BCUT2D eigenvalue weighted by atomic mass is 35.5. The number of nitrogens with one attached hydrogen (secondary N) is 1. The lowest BCUT2D eigenvalue weighted by Crippen LogP contribution is -2.16. The van der Waals surface area contributed by atoms with E-state index in [1.807, 2.05) is 4.72 Å². The maximum Gasteiger partial charge on any atom is 0.416 e. The number of carbonyl (C=O) groups is 1. The fourth-order valence-corrected chi connectivity index (χ4v) is 3.49. The Morgan fingerprint density at radius 3 is 2.27 bits per heavy atom. The molecule has 2 aromatic rings. The largest absolute Gasteiger partial charge is 0.481 e. The Hall–Kier alpha value is -1.97. The molecule has 0 unspecified atom stereocenters. The lowest BCUT2D eigenvalue weighted by Gasteiger charge is -2.15. The van der Waals surface area contributed by atoms with E-state index in [1.54, 1.807) is 0 Å². The van der Waals surface area contributed by atoms with Gasteiger partial charge < -0.3 is 5.11 Å². The van der Waals surface area contributed by atoms with Crippen molar-refractivity contribution < 1.29 is 31.5 Å². The molecule has 5 nitrogen and oxygen atoms in total. The number of hydrogen-bond donors (Lipinski definition) is 2. The van der Waals surface area contributed by atoms with Gasteiger partial charge in [-0.1, -0.05) is 29.3 Å². The third-order valence-corrected chi connectivity index (χ3v) is 5.33. The Balaban J connectivity index is 2.50. The Morgan fingerprint density at radius 2 is 1.73 bits per heavy atom. The molecule has 0 aliphatic heterocycles. The first-order valence-corrected chi connectivity index (χ1v) is 9.04. The van der Waals surface area contributed by atoms with E-state index < -0.39 is 39.8 Å². The summed E-state index contributed by atoms with van der Waals surface area (Å²) in [5.74, 6) is -1.33. The molecule has 2 aromatic carbocycles. The van der Waals surface area contributed by atoms with Crippen molar-refractivity contribution in [2.45, 2.75) is 17.5 Å². The standard InChI is InChI=1S/C15H10Cl2F3NO4S/c16-11-4-3-10(7-12(11)17)26(24,25)21-13-6-9(15(18,19)20)2-1-8(13)5-14(22)23/h1-4,6-7,21H,5H2,(H,22,23). The Labute approximate surface area is 156 Å². The molecule has 0 spiro atoms. The molecule has 0 aromatic heterocycles. The summed E-state index contributed by atoms with van der Waals surface area (Å²) >= 11 is 11.5. The van der Waals surface area contributed by atoms with E-state index in [4.69, 9.17) is 28.3 Å². The highest BCUT2D eigenvalue weighted by molar-refractivity contribution is 7.92. The number of aliphatic carboxylic acids is 1. The van der Waals surface area contributed by atoms with Crippen molar-refractivity contribution in [2.24, 2.45) is 0 Å². The topological polar surface area (TPSA) is 83.5 Å². The van der Waals surface area contributed by atoms with Crippen LogP contribution in [0.25, 0.3) is 0 Å². The lowest BCUT2D eigenvalue weighted by atomic mass is 10.1. The zero-order valence-corrected chi connectivity index (χ0v) is 15.0. The van der Waals surface area contributed by atoms with Gasteiger partial charge in [0.2, 0.25) is 0 Å². The van der Waals surface area contributed by atoms with Crippen LogP contribution in [0.3, 0.4) is 0 Å². The first kappa shape index (κ1) is 20.3. The zero-order valence-electron chi connectivity index (χ0n) is 12.6. The van der Waals surface area contributed by atoms with Crippen molar-refractivity contribution in [3.05, 3.63) is 57.6 Å². The lowest BCUT2D eigenvalue weighted by molar-refractivity contribution is -0.137. The summed E-state index contributed by atoms with van der Waals surface area (Å²) in [4.78, 5) is 10.5. The minimum Gasteiger partial charge on any atom is -0.481 e. The van der Waals surface area contributed by atoms with Crippen molar-refractivity contribution in [1.29, 1.82) is 0 Å². The highest BCUT2D eigenvalue weighted by Crippen LogP contribution is 2.33. The molecule has 0 fully saturated rings. The predicted octanol–water partition coefficient (Wildman–Crippen LogP) is 4.44. The first-order valence-electron chi connectivity index (χ1n) is 6.80. The minimum absolute atomic E-state index is 0.0654. The quantitative estimate of drug-likeness (QED) is 0.738. The summed E-state index contributed by atoms with van der Waals surface area (Å²) in [5.41, 5.74) is -1.75. The molecule has 0 saturated heterocycles. The molecule has 11 heteroatoms. The normalized spacial score (nSPS) is 12.0. The molecule has 0 saturated carbocycles. The van der Waals surface area contributed by atoms with Crippen molar-refractivity contribution in [1.82, 2.24) is 0 Å². The van der Waals surface area contributed by atoms with Gasteiger partial charge in [0.25, 0.3) is 10.0 Å². The fourth-order valence-electron chi connectivity index (χ4n) is 2.01. The summed E-state index contributed by atoms with van der Waals surface area (Å²) in [6.45, 7) is 0. The monoisotopic (exact) mass is 427 g/mol. The number of carboxylic acid groups (broad SMARTS) is 1. The number of hydrogen-bond acceptors (Lipinski definition) is 3. The van der Waals surface area contributed by atoms with Gasteiger partial charge >= 0.3 is 12.1 Å². The number of alkyl halides is 3. The fraction of sp³-hybridized carbons (Fsp3) is 0.133. The number of sulfonamides is 1. The number of carboxylic acids is 1. The summed E-state index contributed by atoms with van der Waals surface area (Å²) in [7, 11) is -4.33. The van der Waals surface area contributed by atoms with E-state index in [0.29, 0.717) is 12.1 Å². The molecule has 0 atom stereocenters. The van der Waals surface area contributed by atoms with Gasteiger partial charge in [-0.15, -0.1) is 0 Å². The Kier molecular flexibility index (Phi) is 5.74. The molecule has 0 aliphatic rings. The molecule has 2 rings (SSSR count). The van der Waals surface area contributed by atoms with Crippen LogP contribution < -0.4 is 4.72 Å². The second-order valence-electron chi connectivity index (χ2n) is 5.12. The number of halogens is 5. The van der Waals surface area contributed by atoms with Crippen molar-refractivity contribution in [3.8, 4) is 0 Å². The maximum absolute atomic E-state index is 12.9. The third-order valence-electron chi connectivity index (χ3n) is 3.22. The van der Waals surface area contributed by atoms with Crippen LogP contribution in [0.5, 0.6) is 0 Å². The maximum atomic E-state index is 12.9. The van der Waals surface area contributed by atoms with Crippen LogP contribution in [0, 0.1) is 0 Å². The van der Waals surface area contributed by atoms with Crippen LogP contribution in [0.1, 0.15) is 11.1 Å². The smallest absolute Gasteiger partial charge is 0.416 e. The zero-order chi connectivity index (χ0) is 19.7. The van der Waals surface area contributed by atoms with E-state index in [-0.39, 0.29) is 20.5 Å². The second kappa shape index (κ2) is 7.34. The summed E-state index contributed by atoms with van der Waals surface area (Å²) in [5, 5.41) is 8.90. The minimum atomic E-state index is -4.73. The molecule has 0 amide bonds. The van der Waals surface area contributed by atoms with Crippen LogP contribution in [0.15, 0.2) is 41.3 Å². The van der Waals surface area contributed by atoms with Crippen molar-refractivity contribution in [2.75, 3.05) is 4.72 Å². The van der Waals surface area contributed by atoms with Crippen molar-refractivity contribution >= 4 is 44.9 Å². The molecular weight excluding hydrogens is 418 g/mol. The van der Waals surface area contributed by atoms with Gasteiger partial charge in [0, 0.05) is 0 Å². The van der Waals surface area contributed by atoms with E-state index >= 15 is 0 Å². The molecule has 2 N–H and O–H groups in total. The molecule has 0 bridgehead atoms. The number of benzene rings is 2. The Morgan fingerprint density at radius 1 is 1.08 bits per heavy atom. The second-order valence-corrected chi connectivity index (χ2v) is 7.62. The molecule has 140 valence electrons. The van der Waals surface area contributed by atoms with E-state index in [2.05, 4.69) is 0 Å². The van der Waals surface area contributed by atoms with E-state index in [1.165, 1.54) is 6.07 Å². The van der Waals surface area contributed by atoms with Crippen molar-refractivity contribution in [3.63, 3.8) is 0 Å². The van der Waals surface area contributed by atoms with Gasteiger partial charge in [-0.2, -0.15) is 13.2 Å². The van der Waals surface area contributed by atoms with Crippen LogP contribution >= 0.6 is 23.2 Å². The number of anilines is 1. The third kappa shape index (κ3) is 4.80. The Bertz CT molecular complexity index is 962. The van der Waals surface area contributed by atoms with Gasteiger partial charge in [-0.3, -0.25) is 9.52 Å². The molecule has 0 radical (unpaired) electrons. The first-order chi connectivity index (χ1) is 11.9. The van der Waals surface area contributed by atoms with Crippen LogP contribution in [-0.4, -0.2) is 19.5 Å². The number of rotatable bonds is 5. The SMILES string of the molecule is O=C(O)Cc1ccc(C(F)(F)F)cc1NS(=O)(=O)c1ccc(Cl)c(Cl)c1. The highest BCUT2D eigenvalue weighted by Gasteiger charge is 2.31. The van der Waals surface area contributed by atoms with Crippen LogP contribution in [0.2, 0.25) is 10.0 Å². The predicted molar refractivity (Wildman–Crippen MR) is 90.1 cm³/mol. The van der Waals surface area contributed by atoms with Gasteiger partial charge in [-0.05, 0) is 35.9 Å². The summed E-state index contributed by atoms with van der Waals surface area (Å²) in [6.07, 6.45) is -5.40. The van der Waals surface area contributed by atoms with Crippen LogP contribution in [-0.2, 0) is 27.4 Å². The van der Waals surface area contributed by atoms with Gasteiger partial charge in [0.15, 0.2) is 0 Å². The van der Waals surface area contributed by atoms with E-state index in [9.17, 15) is 26.4 Å². The summed E-state index contributed by atoms with van der Waals surface area (Å²) in [6, 6.07) is 5.46. The van der Waals surface area contributed by atoms with Gasteiger partial charge in [0.1, 0.15) is 0 Å². The van der Waals surface area contributed by atoms with Gasteiger partial charge in [0.05, 0.1) is 32.6 Å². The summed E-state index contributed by atoms with van der Waals surface area (Å²) < 4.78 is 65.5. The molecule has 0 heterocycles. The van der Waals surface area contributed by atoms with Gasteiger partial charge in [-0.25, -0.2) is 8.42 Å².